The van der Waals surface area contributed by atoms with E-state index in [0.717, 1.165) is 31.2 Å². The Labute approximate surface area is 149 Å². The first-order valence-electron chi connectivity index (χ1n) is 8.61. The van der Waals surface area contributed by atoms with E-state index in [1.165, 1.54) is 16.8 Å². The van der Waals surface area contributed by atoms with Crippen LogP contribution in [0.2, 0.25) is 0 Å². The van der Waals surface area contributed by atoms with E-state index in [1.54, 1.807) is 7.05 Å². The van der Waals surface area contributed by atoms with Gasteiger partial charge in [-0.25, -0.2) is 0 Å². The third-order valence-corrected chi connectivity index (χ3v) is 4.35. The Kier molecular flexibility index (Phi) is 5.43. The van der Waals surface area contributed by atoms with Crippen molar-refractivity contribution < 1.29 is 4.74 Å². The van der Waals surface area contributed by atoms with Crippen molar-refractivity contribution >= 4 is 11.6 Å². The Morgan fingerprint density at radius 3 is 2.56 bits per heavy atom. The number of benzene rings is 2. The SMILES string of the molecule is CN=C(NCc1ccc(N(C)C)cc1)NCC1Cc2ccccc2O1. The molecule has 5 nitrogen and oxygen atoms in total. The summed E-state index contributed by atoms with van der Waals surface area (Å²) in [4.78, 5) is 6.38. The van der Waals surface area contributed by atoms with Crippen molar-refractivity contribution in [1.29, 1.82) is 0 Å². The molecule has 1 aliphatic heterocycles. The molecule has 1 heterocycles. The molecule has 3 rings (SSSR count). The lowest BCUT2D eigenvalue weighted by Gasteiger charge is -2.16. The molecule has 0 radical (unpaired) electrons. The lowest BCUT2D eigenvalue weighted by molar-refractivity contribution is 0.235. The first-order valence-corrected chi connectivity index (χ1v) is 8.61. The molecule has 2 aromatic rings. The van der Waals surface area contributed by atoms with E-state index in [1.807, 2.05) is 26.2 Å². The van der Waals surface area contributed by atoms with E-state index >= 15 is 0 Å². The number of nitrogens with zero attached hydrogens (tertiary/aromatic N) is 2. The van der Waals surface area contributed by atoms with Crippen LogP contribution in [0.3, 0.4) is 0 Å². The molecule has 0 spiro atoms. The first kappa shape index (κ1) is 17.1. The summed E-state index contributed by atoms with van der Waals surface area (Å²) in [6.07, 6.45) is 1.09. The van der Waals surface area contributed by atoms with E-state index in [-0.39, 0.29) is 6.10 Å². The third-order valence-electron chi connectivity index (χ3n) is 4.35. The smallest absolute Gasteiger partial charge is 0.191 e. The second-order valence-corrected chi connectivity index (χ2v) is 6.42. The molecular formula is C20H26N4O. The van der Waals surface area contributed by atoms with E-state index < -0.39 is 0 Å². The Morgan fingerprint density at radius 1 is 1.12 bits per heavy atom. The van der Waals surface area contributed by atoms with Crippen LogP contribution in [0.15, 0.2) is 53.5 Å². The molecule has 2 N–H and O–H groups in total. The zero-order valence-electron chi connectivity index (χ0n) is 15.1. The Balaban J connectivity index is 1.46. The molecule has 1 aliphatic rings. The van der Waals surface area contributed by atoms with E-state index in [4.69, 9.17) is 4.74 Å². The molecule has 1 unspecified atom stereocenters. The number of para-hydroxylation sites is 1. The molecule has 0 saturated heterocycles. The fourth-order valence-corrected chi connectivity index (χ4v) is 2.90. The summed E-state index contributed by atoms with van der Waals surface area (Å²) < 4.78 is 5.95. The van der Waals surface area contributed by atoms with Crippen LogP contribution in [0, 0.1) is 0 Å². The number of hydrogen-bond acceptors (Lipinski definition) is 3. The fourth-order valence-electron chi connectivity index (χ4n) is 2.90. The lowest BCUT2D eigenvalue weighted by atomic mass is 10.1. The quantitative estimate of drug-likeness (QED) is 0.649. The summed E-state index contributed by atoms with van der Waals surface area (Å²) in [6.45, 7) is 1.47. The fraction of sp³-hybridized carbons (Fsp3) is 0.350. The van der Waals surface area contributed by atoms with Gasteiger partial charge in [-0.3, -0.25) is 4.99 Å². The van der Waals surface area contributed by atoms with Crippen molar-refractivity contribution in [3.8, 4) is 5.75 Å². The summed E-state index contributed by atoms with van der Waals surface area (Å²) in [5.41, 5.74) is 3.69. The molecule has 1 atom stereocenters. The van der Waals surface area contributed by atoms with Crippen molar-refractivity contribution in [3.63, 3.8) is 0 Å². The van der Waals surface area contributed by atoms with Gasteiger partial charge in [0.15, 0.2) is 5.96 Å². The molecule has 0 fully saturated rings. The van der Waals surface area contributed by atoms with Gasteiger partial charge >= 0.3 is 0 Å². The number of nitrogens with one attached hydrogen (secondary N) is 2. The largest absolute Gasteiger partial charge is 0.488 e. The number of aliphatic imine (C=N–C) groups is 1. The maximum absolute atomic E-state index is 5.95. The van der Waals surface area contributed by atoms with Gasteiger partial charge in [0.1, 0.15) is 11.9 Å². The average Bonchev–Trinajstić information content (AvgIpc) is 3.05. The van der Waals surface area contributed by atoms with Crippen LogP contribution < -0.4 is 20.3 Å². The van der Waals surface area contributed by atoms with Crippen LogP contribution >= 0.6 is 0 Å². The van der Waals surface area contributed by atoms with E-state index in [9.17, 15) is 0 Å². The number of fused-ring (bicyclic) bond motifs is 1. The predicted molar refractivity (Wildman–Crippen MR) is 104 cm³/mol. The highest BCUT2D eigenvalue weighted by Gasteiger charge is 2.22. The number of guanidine groups is 1. The summed E-state index contributed by atoms with van der Waals surface area (Å²) in [6, 6.07) is 16.7. The molecule has 25 heavy (non-hydrogen) atoms. The van der Waals surface area contributed by atoms with Crippen LogP contribution in [0.25, 0.3) is 0 Å². The monoisotopic (exact) mass is 338 g/mol. The van der Waals surface area contributed by atoms with Gasteiger partial charge in [-0.2, -0.15) is 0 Å². The molecular weight excluding hydrogens is 312 g/mol. The summed E-state index contributed by atoms with van der Waals surface area (Å²) in [5.74, 6) is 1.79. The Morgan fingerprint density at radius 2 is 1.88 bits per heavy atom. The second kappa shape index (κ2) is 7.92. The zero-order chi connectivity index (χ0) is 17.6. The van der Waals surface area contributed by atoms with Gasteiger partial charge in [0.2, 0.25) is 0 Å². The molecule has 0 saturated carbocycles. The Hall–Kier alpha value is -2.69. The van der Waals surface area contributed by atoms with Crippen molar-refractivity contribution in [2.75, 3.05) is 32.6 Å². The van der Waals surface area contributed by atoms with Crippen molar-refractivity contribution in [2.45, 2.75) is 19.1 Å². The number of rotatable bonds is 5. The van der Waals surface area contributed by atoms with E-state index in [0.29, 0.717) is 0 Å². The Bertz CT molecular complexity index is 700. The molecule has 5 heteroatoms. The number of hydrogen-bond donors (Lipinski definition) is 2. The minimum absolute atomic E-state index is 0.148. The van der Waals surface area contributed by atoms with Gasteiger partial charge in [-0.1, -0.05) is 30.3 Å². The highest BCUT2D eigenvalue weighted by molar-refractivity contribution is 5.79. The van der Waals surface area contributed by atoms with E-state index in [2.05, 4.69) is 56.9 Å². The second-order valence-electron chi connectivity index (χ2n) is 6.42. The highest BCUT2D eigenvalue weighted by Crippen LogP contribution is 2.27. The summed E-state index contributed by atoms with van der Waals surface area (Å²) >= 11 is 0. The molecule has 132 valence electrons. The standard InChI is InChI=1S/C20H26N4O/c1-21-20(22-13-15-8-10-17(11-9-15)24(2)3)23-14-18-12-16-6-4-5-7-19(16)25-18/h4-11,18H,12-14H2,1-3H3,(H2,21,22,23). The van der Waals surface area contributed by atoms with Gasteiger partial charge in [0, 0.05) is 39.8 Å². The lowest BCUT2D eigenvalue weighted by Crippen LogP contribution is -2.41. The van der Waals surface area contributed by atoms with Gasteiger partial charge in [-0.05, 0) is 29.3 Å². The predicted octanol–water partition coefficient (Wildman–Crippen LogP) is 2.42. The van der Waals surface area contributed by atoms with Crippen molar-refractivity contribution in [2.24, 2.45) is 4.99 Å². The molecule has 0 aromatic heterocycles. The van der Waals surface area contributed by atoms with Gasteiger partial charge in [-0.15, -0.1) is 0 Å². The van der Waals surface area contributed by atoms with Crippen LogP contribution in [-0.2, 0) is 13.0 Å². The maximum Gasteiger partial charge on any atom is 0.191 e. The molecule has 0 bridgehead atoms. The van der Waals surface area contributed by atoms with Crippen LogP contribution in [0.4, 0.5) is 5.69 Å². The van der Waals surface area contributed by atoms with Crippen LogP contribution in [0.5, 0.6) is 5.75 Å². The third kappa shape index (κ3) is 4.44. The van der Waals surface area contributed by atoms with Gasteiger partial charge < -0.3 is 20.3 Å². The maximum atomic E-state index is 5.95. The minimum atomic E-state index is 0.148. The number of anilines is 1. The zero-order valence-corrected chi connectivity index (χ0v) is 15.1. The van der Waals surface area contributed by atoms with Gasteiger partial charge in [0.25, 0.3) is 0 Å². The molecule has 0 aliphatic carbocycles. The number of ether oxygens (including phenoxy) is 1. The molecule has 0 amide bonds. The van der Waals surface area contributed by atoms with Gasteiger partial charge in [0.05, 0.1) is 6.54 Å². The van der Waals surface area contributed by atoms with Crippen molar-refractivity contribution in [3.05, 3.63) is 59.7 Å². The molecule has 2 aromatic carbocycles. The van der Waals surface area contributed by atoms with Crippen LogP contribution in [-0.4, -0.2) is 39.8 Å². The van der Waals surface area contributed by atoms with Crippen molar-refractivity contribution in [1.82, 2.24) is 10.6 Å². The normalized spacial score (nSPS) is 16.1. The average molecular weight is 338 g/mol. The topological polar surface area (TPSA) is 48.9 Å². The first-order chi connectivity index (χ1) is 12.2. The summed E-state index contributed by atoms with van der Waals surface area (Å²) in [5, 5.41) is 6.70. The minimum Gasteiger partial charge on any atom is -0.488 e. The van der Waals surface area contributed by atoms with Crippen LogP contribution in [0.1, 0.15) is 11.1 Å². The highest BCUT2D eigenvalue weighted by atomic mass is 16.5. The summed E-state index contributed by atoms with van der Waals surface area (Å²) in [7, 11) is 5.87.